The Hall–Kier alpha value is -3.58. The number of hydrogen-bond donors (Lipinski definition) is 0. The van der Waals surface area contributed by atoms with E-state index in [1.165, 1.54) is 35.6 Å². The average molecular weight is 584 g/mol. The fourth-order valence-electron chi connectivity index (χ4n) is 6.15. The molecule has 3 heterocycles. The summed E-state index contributed by atoms with van der Waals surface area (Å²) in [7, 11) is 0. The van der Waals surface area contributed by atoms with Gasteiger partial charge in [-0.15, -0.1) is 40.8 Å². The molecule has 1 aliphatic rings. The number of rotatable bonds is 4. The first kappa shape index (κ1) is 24.7. The molecule has 0 bridgehead atoms. The molecule has 0 radical (unpaired) electrons. The fourth-order valence-corrected chi connectivity index (χ4v) is 6.15. The summed E-state index contributed by atoms with van der Waals surface area (Å²) in [6.07, 6.45) is 9.68. The van der Waals surface area contributed by atoms with Crippen LogP contribution in [0.1, 0.15) is 43.4 Å². The molecule has 3 aromatic heterocycles. The number of hydrogen-bond acceptors (Lipinski definition) is 2. The van der Waals surface area contributed by atoms with Crippen molar-refractivity contribution in [2.45, 2.75) is 37.5 Å². The van der Waals surface area contributed by atoms with Crippen molar-refractivity contribution in [3.8, 4) is 16.9 Å². The quantitative estimate of drug-likeness (QED) is 0.155. The molecule has 0 amide bonds. The molecular formula is C34H27N3Pd. The Labute approximate surface area is 237 Å². The Bertz CT molecular complexity index is 1700. The Balaban J connectivity index is 0.00000264. The third-order valence-corrected chi connectivity index (χ3v) is 7.92. The second kappa shape index (κ2) is 10.3. The van der Waals surface area contributed by atoms with Crippen LogP contribution in [0.15, 0.2) is 103 Å². The molecule has 1 aliphatic carbocycles. The number of benzene rings is 3. The van der Waals surface area contributed by atoms with Crippen LogP contribution in [0.25, 0.3) is 38.8 Å². The van der Waals surface area contributed by atoms with Gasteiger partial charge in [0.05, 0.1) is 0 Å². The number of pyridine rings is 2. The Morgan fingerprint density at radius 1 is 0.658 bits per heavy atom. The number of para-hydroxylation sites is 1. The molecule has 1 fully saturated rings. The van der Waals surface area contributed by atoms with E-state index in [1.54, 1.807) is 0 Å². The maximum absolute atomic E-state index is 4.86. The predicted molar refractivity (Wildman–Crippen MR) is 150 cm³/mol. The molecule has 3 aromatic carbocycles. The van der Waals surface area contributed by atoms with E-state index in [-0.39, 0.29) is 25.8 Å². The van der Waals surface area contributed by atoms with Gasteiger partial charge < -0.3 is 9.55 Å². The van der Waals surface area contributed by atoms with Gasteiger partial charge in [-0.1, -0.05) is 61.2 Å². The van der Waals surface area contributed by atoms with Crippen LogP contribution in [0.2, 0.25) is 0 Å². The van der Waals surface area contributed by atoms with Crippen molar-refractivity contribution < 1.29 is 20.4 Å². The summed E-state index contributed by atoms with van der Waals surface area (Å²) in [4.78, 5) is 9.42. The summed E-state index contributed by atoms with van der Waals surface area (Å²) in [5.41, 5.74) is 7.46. The maximum Gasteiger partial charge on any atom is 2.00 e. The minimum Gasteiger partial charge on any atom is -0.352 e. The van der Waals surface area contributed by atoms with Gasteiger partial charge in [0.25, 0.3) is 0 Å². The molecule has 0 saturated heterocycles. The van der Waals surface area contributed by atoms with Crippen molar-refractivity contribution in [1.29, 1.82) is 0 Å². The summed E-state index contributed by atoms with van der Waals surface area (Å²) in [5.74, 6) is 0. The van der Waals surface area contributed by atoms with E-state index in [9.17, 15) is 0 Å². The number of nitrogens with zero attached hydrogens (tertiary/aromatic N) is 3. The zero-order chi connectivity index (χ0) is 24.7. The van der Waals surface area contributed by atoms with E-state index >= 15 is 0 Å². The second-order valence-corrected chi connectivity index (χ2v) is 10.0. The van der Waals surface area contributed by atoms with Gasteiger partial charge in [-0.2, -0.15) is 18.2 Å². The Morgan fingerprint density at radius 3 is 2.24 bits per heavy atom. The summed E-state index contributed by atoms with van der Waals surface area (Å²) in [6, 6.07) is 39.4. The van der Waals surface area contributed by atoms with Gasteiger partial charge in [0.2, 0.25) is 0 Å². The van der Waals surface area contributed by atoms with E-state index in [2.05, 4.69) is 88.4 Å². The molecule has 4 heteroatoms. The van der Waals surface area contributed by atoms with Crippen LogP contribution in [-0.4, -0.2) is 14.5 Å². The van der Waals surface area contributed by atoms with Gasteiger partial charge in [-0.3, -0.25) is 4.98 Å². The van der Waals surface area contributed by atoms with E-state index in [0.29, 0.717) is 0 Å². The first-order valence-corrected chi connectivity index (χ1v) is 13.2. The van der Waals surface area contributed by atoms with Gasteiger partial charge in [0.1, 0.15) is 0 Å². The van der Waals surface area contributed by atoms with E-state index in [1.807, 2.05) is 36.7 Å². The maximum atomic E-state index is 4.86. The van der Waals surface area contributed by atoms with Crippen molar-refractivity contribution in [1.82, 2.24) is 14.5 Å². The van der Waals surface area contributed by atoms with E-state index in [0.717, 1.165) is 46.5 Å². The molecule has 0 aliphatic heterocycles. The summed E-state index contributed by atoms with van der Waals surface area (Å²) >= 11 is 0. The van der Waals surface area contributed by atoms with Gasteiger partial charge in [-0.05, 0) is 53.9 Å². The Kier molecular flexibility index (Phi) is 6.70. The van der Waals surface area contributed by atoms with Gasteiger partial charge in [-0.25, -0.2) is 0 Å². The van der Waals surface area contributed by atoms with Crippen LogP contribution >= 0.6 is 0 Å². The molecule has 188 valence electrons. The second-order valence-electron chi connectivity index (χ2n) is 10.0. The first-order chi connectivity index (χ1) is 18.3. The van der Waals surface area contributed by atoms with E-state index < -0.39 is 0 Å². The SMILES string of the molecule is [Pd+2].[c-]1c(-c2ccccn2)cccc1-n1c2[c-]c(C3(c4ccccn4)CCCCC3)ccc2c2ccccc21. The smallest absolute Gasteiger partial charge is 0.352 e. The molecular weight excluding hydrogens is 557 g/mol. The van der Waals surface area contributed by atoms with Crippen LogP contribution < -0.4 is 0 Å². The molecule has 0 unspecified atom stereocenters. The molecule has 0 N–H and O–H groups in total. The van der Waals surface area contributed by atoms with Crippen molar-refractivity contribution in [2.24, 2.45) is 0 Å². The molecule has 1 saturated carbocycles. The van der Waals surface area contributed by atoms with Crippen molar-refractivity contribution in [2.75, 3.05) is 0 Å². The summed E-state index contributed by atoms with van der Waals surface area (Å²) in [5, 5.41) is 2.44. The monoisotopic (exact) mass is 583 g/mol. The summed E-state index contributed by atoms with van der Waals surface area (Å²) in [6.45, 7) is 0. The normalized spacial score (nSPS) is 14.8. The zero-order valence-corrected chi connectivity index (χ0v) is 22.6. The predicted octanol–water partition coefficient (Wildman–Crippen LogP) is 8.09. The topological polar surface area (TPSA) is 30.7 Å². The van der Waals surface area contributed by atoms with Gasteiger partial charge >= 0.3 is 20.4 Å². The minimum absolute atomic E-state index is 0. The molecule has 38 heavy (non-hydrogen) atoms. The largest absolute Gasteiger partial charge is 2.00 e. The van der Waals surface area contributed by atoms with Gasteiger partial charge in [0, 0.05) is 29.0 Å². The van der Waals surface area contributed by atoms with Crippen molar-refractivity contribution >= 4 is 21.8 Å². The Morgan fingerprint density at radius 2 is 1.45 bits per heavy atom. The van der Waals surface area contributed by atoms with Crippen LogP contribution in [0.3, 0.4) is 0 Å². The van der Waals surface area contributed by atoms with Crippen LogP contribution in [-0.2, 0) is 25.8 Å². The molecule has 6 aromatic rings. The molecule has 7 rings (SSSR count). The third-order valence-electron chi connectivity index (χ3n) is 7.92. The average Bonchev–Trinajstić information content (AvgIpc) is 3.32. The number of fused-ring (bicyclic) bond motifs is 3. The van der Waals surface area contributed by atoms with Crippen molar-refractivity contribution in [3.63, 3.8) is 0 Å². The minimum atomic E-state index is -0.103. The standard InChI is InChI=1S/C34H27N3.Pd/c1-6-19-34(20-7-1,33-16-5-9-22-36-33)26-17-18-29-28-13-2-3-15-31(28)37(32(29)24-26)27-12-10-11-25(23-27)30-14-4-8-21-35-30;/h2-5,8-18,21-22H,1,6-7,19-20H2;/q-2;+2. The first-order valence-electron chi connectivity index (χ1n) is 13.2. The molecule has 0 spiro atoms. The zero-order valence-electron chi connectivity index (χ0n) is 21.0. The number of aromatic nitrogens is 3. The molecule has 0 atom stereocenters. The summed E-state index contributed by atoms with van der Waals surface area (Å²) < 4.78 is 2.32. The van der Waals surface area contributed by atoms with Crippen molar-refractivity contribution in [3.05, 3.63) is 127 Å². The fraction of sp³-hybridized carbons (Fsp3) is 0.176. The van der Waals surface area contributed by atoms with E-state index in [4.69, 9.17) is 4.98 Å². The van der Waals surface area contributed by atoms with Crippen LogP contribution in [0.5, 0.6) is 0 Å². The molecule has 3 nitrogen and oxygen atoms in total. The van der Waals surface area contributed by atoms with Gasteiger partial charge in [0.15, 0.2) is 0 Å². The third kappa shape index (κ3) is 4.09. The van der Waals surface area contributed by atoms with Crippen LogP contribution in [0.4, 0.5) is 0 Å². The van der Waals surface area contributed by atoms with Crippen LogP contribution in [0, 0.1) is 12.1 Å².